The smallest absolute Gasteiger partial charge is 0.205 e. The predicted molar refractivity (Wildman–Crippen MR) is 150 cm³/mol. The van der Waals surface area contributed by atoms with Gasteiger partial charge in [0.1, 0.15) is 11.0 Å². The van der Waals surface area contributed by atoms with Crippen LogP contribution >= 0.6 is 22.0 Å². The van der Waals surface area contributed by atoms with Crippen molar-refractivity contribution in [3.8, 4) is 0 Å². The lowest BCUT2D eigenvalue weighted by Gasteiger charge is -2.32. The van der Waals surface area contributed by atoms with Crippen LogP contribution in [0.5, 0.6) is 0 Å². The van der Waals surface area contributed by atoms with Crippen LogP contribution in [0, 0.1) is 0 Å². The van der Waals surface area contributed by atoms with E-state index in [9.17, 15) is 8.42 Å². The molecule has 0 aliphatic heterocycles. The second kappa shape index (κ2) is 9.78. The van der Waals surface area contributed by atoms with Crippen LogP contribution in [0.1, 0.15) is 11.2 Å². The van der Waals surface area contributed by atoms with Gasteiger partial charge in [0.2, 0.25) is 0 Å². The number of benzene rings is 4. The fourth-order valence-corrected chi connectivity index (χ4v) is 11.7. The molecule has 5 rings (SSSR count). The van der Waals surface area contributed by atoms with Crippen LogP contribution in [-0.2, 0) is 21.8 Å². The van der Waals surface area contributed by atoms with Crippen molar-refractivity contribution in [2.75, 3.05) is 5.75 Å². The Kier molecular flexibility index (Phi) is 6.73. The van der Waals surface area contributed by atoms with Gasteiger partial charge in [0.25, 0.3) is 10.0 Å². The maximum Gasteiger partial charge on any atom is 0.256 e. The lowest BCUT2D eigenvalue weighted by atomic mass is 10.2. The summed E-state index contributed by atoms with van der Waals surface area (Å²) in [7, 11) is -3.91. The average molecular weight is 582 g/mol. The normalized spacial score (nSPS) is 13.1. The summed E-state index contributed by atoms with van der Waals surface area (Å²) in [6, 6.07) is 31.9. The molecule has 176 valence electrons. The molecule has 0 aliphatic carbocycles. The molecule has 9 heteroatoms. The van der Waals surface area contributed by atoms with E-state index in [-0.39, 0.29) is 5.75 Å². The zero-order valence-electron chi connectivity index (χ0n) is 18.5. The summed E-state index contributed by atoms with van der Waals surface area (Å²) in [5, 5.41) is 10.0. The second-order valence-electron chi connectivity index (χ2n) is 8.10. The summed E-state index contributed by atoms with van der Waals surface area (Å²) < 4.78 is 29.7. The van der Waals surface area contributed by atoms with Crippen molar-refractivity contribution in [3.63, 3.8) is 0 Å². The van der Waals surface area contributed by atoms with Gasteiger partial charge in [-0.1, -0.05) is 118 Å². The molecule has 0 fully saturated rings. The lowest BCUT2D eigenvalue weighted by molar-refractivity contribution is 0.578. The number of fused-ring (bicyclic) bond motifs is 1. The first-order valence-corrected chi connectivity index (χ1v) is 16.2. The van der Waals surface area contributed by atoms with Crippen LogP contribution in [0.4, 0.5) is 0 Å². The molecule has 35 heavy (non-hydrogen) atoms. The minimum atomic E-state index is -3.91. The zero-order valence-corrected chi connectivity index (χ0v) is 22.6. The van der Waals surface area contributed by atoms with Crippen molar-refractivity contribution in [2.24, 2.45) is 0 Å². The Morgan fingerprint density at radius 2 is 1.34 bits per heavy atom. The van der Waals surface area contributed by atoms with E-state index in [1.807, 2.05) is 91.0 Å². The van der Waals surface area contributed by atoms with Crippen LogP contribution in [-0.4, -0.2) is 28.6 Å². The Bertz CT molecular complexity index is 1580. The first-order valence-electron chi connectivity index (χ1n) is 10.9. The molecular weight excluding hydrogens is 561 g/mol. The van der Waals surface area contributed by atoms with Crippen molar-refractivity contribution < 1.29 is 8.42 Å². The van der Waals surface area contributed by atoms with Crippen LogP contribution < -0.4 is 10.6 Å². The average Bonchev–Trinajstić information content (AvgIpc) is 3.34. The standard InChI is InChI=1S/C26H21BrN3O2PS2/c27-21-17-15-20(16-18-21)26(19-35(31,32)30-25-14-8-7-13-24(25)28-29-30)33(34,22-9-3-1-4-10-22)23-11-5-2-6-12-23/h1-18,26H,19H2/t26-/m0/s1. The van der Waals surface area contributed by atoms with E-state index in [4.69, 9.17) is 11.8 Å². The molecule has 1 atom stereocenters. The molecule has 0 N–H and O–H groups in total. The Morgan fingerprint density at radius 1 is 0.800 bits per heavy atom. The fourth-order valence-electron chi connectivity index (χ4n) is 4.23. The number of aromatic nitrogens is 3. The number of hydrogen-bond acceptors (Lipinski definition) is 5. The van der Waals surface area contributed by atoms with E-state index >= 15 is 0 Å². The van der Waals surface area contributed by atoms with E-state index in [0.29, 0.717) is 11.0 Å². The van der Waals surface area contributed by atoms with Gasteiger partial charge >= 0.3 is 0 Å². The Balaban J connectivity index is 1.73. The molecule has 4 aromatic carbocycles. The van der Waals surface area contributed by atoms with Gasteiger partial charge in [0, 0.05) is 16.2 Å². The van der Waals surface area contributed by atoms with Gasteiger partial charge in [-0.3, -0.25) is 0 Å². The van der Waals surface area contributed by atoms with Gasteiger partial charge in [-0.2, -0.15) is 0 Å². The number of halogens is 1. The molecule has 5 nitrogen and oxygen atoms in total. The number of hydrogen-bond donors (Lipinski definition) is 0. The summed E-state index contributed by atoms with van der Waals surface area (Å²) in [4.78, 5) is 0. The van der Waals surface area contributed by atoms with Crippen LogP contribution in [0.3, 0.4) is 0 Å². The lowest BCUT2D eigenvalue weighted by Crippen LogP contribution is -2.28. The summed E-state index contributed by atoms with van der Waals surface area (Å²) >= 11 is 10.1. The van der Waals surface area contributed by atoms with Gasteiger partial charge in [0.05, 0.1) is 5.75 Å². The predicted octanol–water partition coefficient (Wildman–Crippen LogP) is 5.24. The third kappa shape index (κ3) is 4.64. The first-order chi connectivity index (χ1) is 16.9. The maximum absolute atomic E-state index is 13.9. The summed E-state index contributed by atoms with van der Waals surface area (Å²) in [5.74, 6) is -0.205. The SMILES string of the molecule is O=S(=O)(C[C@@H](c1ccc(Br)cc1)P(=S)(c1ccccc1)c1ccccc1)n1nnc2ccccc21. The molecule has 0 radical (unpaired) electrons. The third-order valence-electron chi connectivity index (χ3n) is 5.93. The van der Waals surface area contributed by atoms with Gasteiger partial charge < -0.3 is 0 Å². The highest BCUT2D eigenvalue weighted by atomic mass is 79.9. The first kappa shape index (κ1) is 24.1. The highest BCUT2D eigenvalue weighted by Gasteiger charge is 2.37. The van der Waals surface area contributed by atoms with E-state index < -0.39 is 21.7 Å². The quantitative estimate of drug-likeness (QED) is 0.246. The number of nitrogens with zero attached hydrogens (tertiary/aromatic N) is 3. The van der Waals surface area contributed by atoms with Crippen molar-refractivity contribution in [1.29, 1.82) is 0 Å². The highest BCUT2D eigenvalue weighted by molar-refractivity contribution is 9.10. The van der Waals surface area contributed by atoms with Crippen LogP contribution in [0.2, 0.25) is 0 Å². The van der Waals surface area contributed by atoms with Crippen molar-refractivity contribution in [3.05, 3.63) is 119 Å². The van der Waals surface area contributed by atoms with Gasteiger partial charge in [-0.25, -0.2) is 8.42 Å². The Morgan fingerprint density at radius 3 is 1.94 bits per heavy atom. The van der Waals surface area contributed by atoms with Crippen LogP contribution in [0.25, 0.3) is 11.0 Å². The molecule has 0 amide bonds. The molecule has 0 saturated heterocycles. The minimum Gasteiger partial charge on any atom is -0.205 e. The molecule has 5 aromatic rings. The Hall–Kier alpha value is -2.64. The largest absolute Gasteiger partial charge is 0.256 e. The summed E-state index contributed by atoms with van der Waals surface area (Å²) in [6.07, 6.45) is 0. The molecule has 1 heterocycles. The topological polar surface area (TPSA) is 64.8 Å². The molecule has 0 spiro atoms. The molecule has 0 unspecified atom stereocenters. The fraction of sp³-hybridized carbons (Fsp3) is 0.0769. The van der Waals surface area contributed by atoms with E-state index in [2.05, 4.69) is 26.2 Å². The molecule has 1 aromatic heterocycles. The molecule has 0 bridgehead atoms. The summed E-state index contributed by atoms with van der Waals surface area (Å²) in [5.41, 5.74) is 1.37. The third-order valence-corrected chi connectivity index (χ3v) is 13.8. The van der Waals surface area contributed by atoms with Crippen molar-refractivity contribution in [2.45, 2.75) is 5.66 Å². The van der Waals surface area contributed by atoms with Crippen molar-refractivity contribution >= 4 is 65.4 Å². The van der Waals surface area contributed by atoms with Crippen molar-refractivity contribution in [1.82, 2.24) is 14.4 Å². The van der Waals surface area contributed by atoms with E-state index in [1.54, 1.807) is 18.2 Å². The van der Waals surface area contributed by atoms with Gasteiger partial charge in [-0.05, 0) is 40.4 Å². The highest BCUT2D eigenvalue weighted by Crippen LogP contribution is 2.58. The summed E-state index contributed by atoms with van der Waals surface area (Å²) in [6.45, 7) is 0. The number of rotatable bonds is 7. The maximum atomic E-state index is 13.9. The molecule has 0 aliphatic rings. The van der Waals surface area contributed by atoms with Crippen LogP contribution in [0.15, 0.2) is 114 Å². The van der Waals surface area contributed by atoms with Gasteiger partial charge in [0.15, 0.2) is 0 Å². The second-order valence-corrected chi connectivity index (χ2v) is 15.6. The van der Waals surface area contributed by atoms with Gasteiger partial charge in [-0.15, -0.1) is 9.19 Å². The zero-order chi connectivity index (χ0) is 24.5. The Labute approximate surface area is 218 Å². The minimum absolute atomic E-state index is 0.205. The number of para-hydroxylation sites is 1. The van der Waals surface area contributed by atoms with E-state index in [0.717, 1.165) is 24.7 Å². The monoisotopic (exact) mass is 581 g/mol. The molecule has 0 saturated carbocycles. The van der Waals surface area contributed by atoms with E-state index in [1.165, 1.54) is 0 Å². The molecular formula is C26H21BrN3O2PS2.